The molecule has 2 aromatic rings. The van der Waals surface area contributed by atoms with Crippen molar-refractivity contribution < 1.29 is 9.47 Å². The van der Waals surface area contributed by atoms with Gasteiger partial charge in [-0.1, -0.05) is 52.7 Å². The van der Waals surface area contributed by atoms with Crippen LogP contribution >= 0.6 is 15.9 Å². The summed E-state index contributed by atoms with van der Waals surface area (Å²) in [6.45, 7) is 9.20. The third-order valence-electron chi connectivity index (χ3n) is 3.63. The van der Waals surface area contributed by atoms with E-state index >= 15 is 0 Å². The molecule has 0 bridgehead atoms. The van der Waals surface area contributed by atoms with Crippen LogP contribution in [0.5, 0.6) is 11.5 Å². The molecule has 0 amide bonds. The molecule has 2 aromatic carbocycles. The molecule has 0 spiro atoms. The summed E-state index contributed by atoms with van der Waals surface area (Å²) in [6.07, 6.45) is 1.12. The first-order valence-electron chi connectivity index (χ1n) is 8.48. The monoisotopic (exact) mass is 391 g/mol. The molecule has 0 atom stereocenters. The summed E-state index contributed by atoms with van der Waals surface area (Å²) in [5, 5.41) is 3.42. The molecule has 0 aliphatic heterocycles. The summed E-state index contributed by atoms with van der Waals surface area (Å²) in [4.78, 5) is 0. The Morgan fingerprint density at radius 2 is 1.83 bits per heavy atom. The molecule has 130 valence electrons. The van der Waals surface area contributed by atoms with Crippen LogP contribution in [-0.2, 0) is 13.2 Å². The van der Waals surface area contributed by atoms with Crippen LogP contribution in [0, 0.1) is 6.92 Å². The van der Waals surface area contributed by atoms with Gasteiger partial charge in [-0.2, -0.15) is 0 Å². The van der Waals surface area contributed by atoms with Crippen molar-refractivity contribution in [3.8, 4) is 11.5 Å². The fourth-order valence-corrected chi connectivity index (χ4v) is 2.92. The number of benzene rings is 2. The molecule has 0 saturated heterocycles. The van der Waals surface area contributed by atoms with Gasteiger partial charge in [0.15, 0.2) is 11.5 Å². The van der Waals surface area contributed by atoms with Gasteiger partial charge in [-0.05, 0) is 50.1 Å². The van der Waals surface area contributed by atoms with Gasteiger partial charge < -0.3 is 14.8 Å². The molecule has 0 heterocycles. The molecule has 4 heteroatoms. The summed E-state index contributed by atoms with van der Waals surface area (Å²) in [5.74, 6) is 1.56. The van der Waals surface area contributed by atoms with E-state index in [1.54, 1.807) is 0 Å². The number of hydrogen-bond donors (Lipinski definition) is 1. The van der Waals surface area contributed by atoms with E-state index in [1.165, 1.54) is 11.1 Å². The summed E-state index contributed by atoms with van der Waals surface area (Å²) in [7, 11) is 0. The summed E-state index contributed by atoms with van der Waals surface area (Å²) in [5.41, 5.74) is 3.57. The second-order valence-electron chi connectivity index (χ2n) is 5.78. The molecule has 0 aliphatic carbocycles. The van der Waals surface area contributed by atoms with Crippen molar-refractivity contribution in [1.82, 2.24) is 5.32 Å². The standard InChI is InChI=1S/C20H26BrNO2/c1-4-9-22-13-17-11-19(23-5-2)20(12-18(17)21)24-14-16-8-6-7-15(3)10-16/h6-8,10-12,22H,4-5,9,13-14H2,1-3H3. The van der Waals surface area contributed by atoms with Crippen LogP contribution in [0.2, 0.25) is 0 Å². The van der Waals surface area contributed by atoms with Crippen molar-refractivity contribution in [3.05, 3.63) is 57.6 Å². The molecule has 0 aliphatic rings. The van der Waals surface area contributed by atoms with Crippen LogP contribution in [0.25, 0.3) is 0 Å². The third-order valence-corrected chi connectivity index (χ3v) is 4.37. The van der Waals surface area contributed by atoms with Crippen LogP contribution in [0.3, 0.4) is 0 Å². The highest BCUT2D eigenvalue weighted by atomic mass is 79.9. The first-order chi connectivity index (χ1) is 11.6. The first-order valence-corrected chi connectivity index (χ1v) is 9.27. The SMILES string of the molecule is CCCNCc1cc(OCC)c(OCc2cccc(C)c2)cc1Br. The lowest BCUT2D eigenvalue weighted by molar-refractivity contribution is 0.269. The predicted octanol–water partition coefficient (Wildman–Crippen LogP) is 5.23. The molecule has 0 saturated carbocycles. The molecule has 0 unspecified atom stereocenters. The fourth-order valence-electron chi connectivity index (χ4n) is 2.46. The Kier molecular flexibility index (Phi) is 7.60. The van der Waals surface area contributed by atoms with Crippen LogP contribution in [0.1, 0.15) is 37.0 Å². The molecule has 3 nitrogen and oxygen atoms in total. The van der Waals surface area contributed by atoms with Crippen molar-refractivity contribution in [2.45, 2.75) is 40.3 Å². The van der Waals surface area contributed by atoms with Gasteiger partial charge in [0, 0.05) is 11.0 Å². The highest BCUT2D eigenvalue weighted by Gasteiger charge is 2.11. The van der Waals surface area contributed by atoms with Crippen molar-refractivity contribution in [3.63, 3.8) is 0 Å². The molecule has 24 heavy (non-hydrogen) atoms. The largest absolute Gasteiger partial charge is 0.490 e. The van der Waals surface area contributed by atoms with Crippen molar-refractivity contribution >= 4 is 15.9 Å². The molecule has 2 rings (SSSR count). The molecule has 1 N–H and O–H groups in total. The second kappa shape index (κ2) is 9.70. The molecule has 0 aromatic heterocycles. The molecular formula is C20H26BrNO2. The van der Waals surface area contributed by atoms with Crippen molar-refractivity contribution in [2.75, 3.05) is 13.2 Å². The van der Waals surface area contributed by atoms with E-state index in [1.807, 2.05) is 13.0 Å². The van der Waals surface area contributed by atoms with E-state index in [9.17, 15) is 0 Å². The van der Waals surface area contributed by atoms with Crippen LogP contribution in [0.4, 0.5) is 0 Å². The van der Waals surface area contributed by atoms with Gasteiger partial charge in [0.2, 0.25) is 0 Å². The van der Waals surface area contributed by atoms with Gasteiger partial charge in [-0.15, -0.1) is 0 Å². The lowest BCUT2D eigenvalue weighted by atomic mass is 10.1. The van der Waals surface area contributed by atoms with Gasteiger partial charge in [0.1, 0.15) is 6.61 Å². The Hall–Kier alpha value is -1.52. The number of aryl methyl sites for hydroxylation is 1. The maximum absolute atomic E-state index is 6.02. The Bertz CT molecular complexity index is 658. The molecule has 0 fully saturated rings. The van der Waals surface area contributed by atoms with Crippen LogP contribution in [0.15, 0.2) is 40.9 Å². The van der Waals surface area contributed by atoms with Gasteiger partial charge in [-0.25, -0.2) is 0 Å². The van der Waals surface area contributed by atoms with Crippen LogP contribution < -0.4 is 14.8 Å². The molecule has 0 radical (unpaired) electrons. The minimum absolute atomic E-state index is 0.529. The highest BCUT2D eigenvalue weighted by molar-refractivity contribution is 9.10. The Labute approximate surface area is 153 Å². The topological polar surface area (TPSA) is 30.5 Å². The lowest BCUT2D eigenvalue weighted by Gasteiger charge is -2.15. The second-order valence-corrected chi connectivity index (χ2v) is 6.63. The average Bonchev–Trinajstić information content (AvgIpc) is 2.56. The van der Waals surface area contributed by atoms with Crippen LogP contribution in [-0.4, -0.2) is 13.2 Å². The first kappa shape index (κ1) is 18.8. The molecular weight excluding hydrogens is 366 g/mol. The predicted molar refractivity (Wildman–Crippen MR) is 103 cm³/mol. The van der Waals surface area contributed by atoms with Gasteiger partial charge in [0.05, 0.1) is 6.61 Å². The highest BCUT2D eigenvalue weighted by Crippen LogP contribution is 2.34. The maximum Gasteiger partial charge on any atom is 0.162 e. The quantitative estimate of drug-likeness (QED) is 0.593. The van der Waals surface area contributed by atoms with E-state index in [-0.39, 0.29) is 0 Å². The van der Waals surface area contributed by atoms with E-state index < -0.39 is 0 Å². The van der Waals surface area contributed by atoms with Crippen molar-refractivity contribution in [1.29, 1.82) is 0 Å². The van der Waals surface area contributed by atoms with Gasteiger partial charge in [0.25, 0.3) is 0 Å². The number of ether oxygens (including phenoxy) is 2. The van der Waals surface area contributed by atoms with E-state index in [2.05, 4.69) is 65.4 Å². The summed E-state index contributed by atoms with van der Waals surface area (Å²) >= 11 is 3.65. The summed E-state index contributed by atoms with van der Waals surface area (Å²) < 4.78 is 12.8. The van der Waals surface area contributed by atoms with E-state index in [0.717, 1.165) is 41.0 Å². The average molecular weight is 392 g/mol. The van der Waals surface area contributed by atoms with Gasteiger partial charge >= 0.3 is 0 Å². The minimum atomic E-state index is 0.529. The minimum Gasteiger partial charge on any atom is -0.490 e. The number of halogens is 1. The van der Waals surface area contributed by atoms with Gasteiger partial charge in [-0.3, -0.25) is 0 Å². The number of hydrogen-bond acceptors (Lipinski definition) is 3. The van der Waals surface area contributed by atoms with E-state index in [4.69, 9.17) is 9.47 Å². The Balaban J connectivity index is 2.13. The normalized spacial score (nSPS) is 10.7. The maximum atomic E-state index is 6.02. The summed E-state index contributed by atoms with van der Waals surface area (Å²) in [6, 6.07) is 12.4. The zero-order valence-electron chi connectivity index (χ0n) is 14.7. The van der Waals surface area contributed by atoms with E-state index in [0.29, 0.717) is 13.2 Å². The number of rotatable bonds is 9. The third kappa shape index (κ3) is 5.53. The van der Waals surface area contributed by atoms with Crippen molar-refractivity contribution in [2.24, 2.45) is 0 Å². The Morgan fingerprint density at radius 3 is 2.54 bits per heavy atom. The zero-order valence-corrected chi connectivity index (χ0v) is 16.3. The zero-order chi connectivity index (χ0) is 17.4. The number of nitrogens with one attached hydrogen (secondary N) is 1. The Morgan fingerprint density at radius 1 is 1.04 bits per heavy atom. The fraction of sp³-hybridized carbons (Fsp3) is 0.400. The smallest absolute Gasteiger partial charge is 0.162 e. The lowest BCUT2D eigenvalue weighted by Crippen LogP contribution is -2.14.